The maximum absolute atomic E-state index is 4.61. The van der Waals surface area contributed by atoms with Gasteiger partial charge in [-0.25, -0.2) is 4.98 Å². The second-order valence-electron chi connectivity index (χ2n) is 7.82. The summed E-state index contributed by atoms with van der Waals surface area (Å²) >= 11 is 0. The standard InChI is InChI=1S/C25H22N4/c1-17-20-10-6-7-11-21(20)25-22(16-23-26-12-13-29(23)25)24(17)28-15-14-27(18(28)2)19-8-4-3-5-9-19/h3-15,18H,16H2,1-2H3/t18-/m0/s1. The number of aromatic nitrogens is 2. The van der Waals surface area contributed by atoms with E-state index in [4.69, 9.17) is 0 Å². The molecular formula is C25H22N4. The molecule has 4 aromatic rings. The van der Waals surface area contributed by atoms with Crippen LogP contribution in [0.4, 0.5) is 11.4 Å². The zero-order valence-corrected chi connectivity index (χ0v) is 16.6. The molecule has 0 radical (unpaired) electrons. The van der Waals surface area contributed by atoms with E-state index in [1.54, 1.807) is 0 Å². The molecule has 29 heavy (non-hydrogen) atoms. The Balaban J connectivity index is 1.55. The second kappa shape index (κ2) is 5.98. The summed E-state index contributed by atoms with van der Waals surface area (Å²) < 4.78 is 2.26. The third-order valence-electron chi connectivity index (χ3n) is 6.31. The van der Waals surface area contributed by atoms with Gasteiger partial charge in [0.05, 0.1) is 11.4 Å². The molecule has 0 amide bonds. The monoisotopic (exact) mass is 378 g/mol. The lowest BCUT2D eigenvalue weighted by Crippen LogP contribution is -2.36. The number of hydrogen-bond acceptors (Lipinski definition) is 3. The maximum Gasteiger partial charge on any atom is 0.117 e. The smallest absolute Gasteiger partial charge is 0.117 e. The first-order chi connectivity index (χ1) is 14.2. The number of aryl methyl sites for hydroxylation is 1. The van der Waals surface area contributed by atoms with Crippen LogP contribution in [0.5, 0.6) is 0 Å². The number of benzene rings is 3. The SMILES string of the molecule is Cc1c(N2C=CN(c3ccccc3)[C@@H]2C)c2c(c3ccccc13)-n1ccnc1C2. The van der Waals surface area contributed by atoms with E-state index in [0.717, 1.165) is 12.2 Å². The molecule has 3 aromatic carbocycles. The largest absolute Gasteiger partial charge is 0.326 e. The quantitative estimate of drug-likeness (QED) is 0.412. The Morgan fingerprint density at radius 1 is 0.862 bits per heavy atom. The Kier molecular flexibility index (Phi) is 3.39. The van der Waals surface area contributed by atoms with Crippen molar-refractivity contribution in [3.05, 3.63) is 96.3 Å². The van der Waals surface area contributed by atoms with Crippen molar-refractivity contribution in [3.8, 4) is 5.69 Å². The van der Waals surface area contributed by atoms with Crippen molar-refractivity contribution in [2.75, 3.05) is 9.80 Å². The number of hydrogen-bond donors (Lipinski definition) is 0. The molecule has 4 nitrogen and oxygen atoms in total. The highest BCUT2D eigenvalue weighted by Crippen LogP contribution is 2.45. The molecule has 142 valence electrons. The van der Waals surface area contributed by atoms with Crippen molar-refractivity contribution in [1.82, 2.24) is 9.55 Å². The lowest BCUT2D eigenvalue weighted by Gasteiger charge is -2.32. The average Bonchev–Trinajstić information content (AvgIpc) is 3.44. The first-order valence-corrected chi connectivity index (χ1v) is 10.1. The van der Waals surface area contributed by atoms with E-state index in [9.17, 15) is 0 Å². The summed E-state index contributed by atoms with van der Waals surface area (Å²) in [6, 6.07) is 19.3. The molecule has 1 aromatic heterocycles. The van der Waals surface area contributed by atoms with Crippen molar-refractivity contribution >= 4 is 22.1 Å². The van der Waals surface area contributed by atoms with Gasteiger partial charge >= 0.3 is 0 Å². The average molecular weight is 378 g/mol. The molecule has 0 N–H and O–H groups in total. The van der Waals surface area contributed by atoms with E-state index >= 15 is 0 Å². The summed E-state index contributed by atoms with van der Waals surface area (Å²) in [7, 11) is 0. The van der Waals surface area contributed by atoms with Gasteiger partial charge < -0.3 is 14.4 Å². The number of imidazole rings is 1. The fraction of sp³-hybridized carbons (Fsp3) is 0.160. The van der Waals surface area contributed by atoms with Gasteiger partial charge in [0.2, 0.25) is 0 Å². The highest BCUT2D eigenvalue weighted by atomic mass is 15.4. The summed E-state index contributed by atoms with van der Waals surface area (Å²) in [5.41, 5.74) is 6.51. The zero-order chi connectivity index (χ0) is 19.5. The first kappa shape index (κ1) is 16.4. The first-order valence-electron chi connectivity index (χ1n) is 10.1. The second-order valence-corrected chi connectivity index (χ2v) is 7.82. The number of rotatable bonds is 2. The molecule has 0 saturated heterocycles. The van der Waals surface area contributed by atoms with Crippen LogP contribution in [0.25, 0.3) is 16.5 Å². The molecular weight excluding hydrogens is 356 g/mol. The van der Waals surface area contributed by atoms with Crippen molar-refractivity contribution in [2.45, 2.75) is 26.4 Å². The van der Waals surface area contributed by atoms with E-state index in [1.165, 1.54) is 39.0 Å². The van der Waals surface area contributed by atoms with Gasteiger partial charge in [-0.1, -0.05) is 42.5 Å². The topological polar surface area (TPSA) is 24.3 Å². The minimum atomic E-state index is 0.203. The van der Waals surface area contributed by atoms with E-state index in [0.29, 0.717) is 0 Å². The fourth-order valence-electron chi connectivity index (χ4n) is 4.95. The number of anilines is 2. The lowest BCUT2D eigenvalue weighted by molar-refractivity contribution is 0.746. The summed E-state index contributed by atoms with van der Waals surface area (Å²) in [5, 5.41) is 2.61. The van der Waals surface area contributed by atoms with Crippen LogP contribution in [0.3, 0.4) is 0 Å². The summed E-state index contributed by atoms with van der Waals surface area (Å²) in [5.74, 6) is 1.12. The molecule has 6 rings (SSSR count). The Morgan fingerprint density at radius 3 is 2.41 bits per heavy atom. The number of fused-ring (bicyclic) bond motifs is 5. The van der Waals surface area contributed by atoms with Gasteiger partial charge in [-0.15, -0.1) is 0 Å². The van der Waals surface area contributed by atoms with Crippen LogP contribution in [0.15, 0.2) is 79.4 Å². The predicted molar refractivity (Wildman–Crippen MR) is 119 cm³/mol. The minimum absolute atomic E-state index is 0.203. The Hall–Kier alpha value is -3.53. The van der Waals surface area contributed by atoms with Gasteiger partial charge in [-0.05, 0) is 36.9 Å². The van der Waals surface area contributed by atoms with Gasteiger partial charge in [-0.2, -0.15) is 0 Å². The molecule has 0 bridgehead atoms. The summed E-state index contributed by atoms with van der Waals surface area (Å²) in [6.45, 7) is 4.52. The molecule has 2 aliphatic rings. The predicted octanol–water partition coefficient (Wildman–Crippen LogP) is 5.38. The zero-order valence-electron chi connectivity index (χ0n) is 16.6. The van der Waals surface area contributed by atoms with Gasteiger partial charge in [0.15, 0.2) is 0 Å². The third-order valence-corrected chi connectivity index (χ3v) is 6.31. The Morgan fingerprint density at radius 2 is 1.59 bits per heavy atom. The van der Waals surface area contributed by atoms with Crippen LogP contribution >= 0.6 is 0 Å². The normalized spacial score (nSPS) is 17.2. The van der Waals surface area contributed by atoms with E-state index < -0.39 is 0 Å². The van der Waals surface area contributed by atoms with Crippen LogP contribution < -0.4 is 9.80 Å². The minimum Gasteiger partial charge on any atom is -0.326 e. The lowest BCUT2D eigenvalue weighted by atomic mass is 9.95. The molecule has 4 heteroatoms. The van der Waals surface area contributed by atoms with Gasteiger partial charge in [0.1, 0.15) is 12.0 Å². The highest BCUT2D eigenvalue weighted by molar-refractivity contribution is 6.00. The van der Waals surface area contributed by atoms with Crippen LogP contribution in [-0.2, 0) is 6.42 Å². The fourth-order valence-corrected chi connectivity index (χ4v) is 4.95. The van der Waals surface area contributed by atoms with Crippen LogP contribution in [0.2, 0.25) is 0 Å². The summed E-state index contributed by atoms with van der Waals surface area (Å²) in [6.07, 6.45) is 9.47. The van der Waals surface area contributed by atoms with E-state index in [-0.39, 0.29) is 6.17 Å². The van der Waals surface area contributed by atoms with Gasteiger partial charge in [-0.3, -0.25) is 0 Å². The Bertz CT molecular complexity index is 1270. The van der Waals surface area contributed by atoms with Crippen molar-refractivity contribution in [3.63, 3.8) is 0 Å². The maximum atomic E-state index is 4.61. The van der Waals surface area contributed by atoms with Crippen LogP contribution in [0.1, 0.15) is 23.9 Å². The van der Waals surface area contributed by atoms with Crippen molar-refractivity contribution < 1.29 is 0 Å². The number of nitrogens with zero attached hydrogens (tertiary/aromatic N) is 4. The number of para-hydroxylation sites is 1. The highest BCUT2D eigenvalue weighted by Gasteiger charge is 2.32. The molecule has 0 unspecified atom stereocenters. The molecule has 0 saturated carbocycles. The van der Waals surface area contributed by atoms with Crippen LogP contribution in [0, 0.1) is 6.92 Å². The molecule has 0 spiro atoms. The Labute approximate surface area is 170 Å². The van der Waals surface area contributed by atoms with Crippen LogP contribution in [-0.4, -0.2) is 15.7 Å². The van der Waals surface area contributed by atoms with E-state index in [2.05, 4.69) is 106 Å². The molecule has 3 heterocycles. The van der Waals surface area contributed by atoms with E-state index in [1.807, 2.05) is 6.20 Å². The third kappa shape index (κ3) is 2.23. The molecule has 2 aliphatic heterocycles. The molecule has 0 aliphatic carbocycles. The van der Waals surface area contributed by atoms with Gasteiger partial charge in [0.25, 0.3) is 0 Å². The van der Waals surface area contributed by atoms with Crippen molar-refractivity contribution in [2.24, 2.45) is 0 Å². The van der Waals surface area contributed by atoms with Crippen molar-refractivity contribution in [1.29, 1.82) is 0 Å². The molecule has 0 fully saturated rings. The summed E-state index contributed by atoms with van der Waals surface area (Å²) in [4.78, 5) is 9.36. The van der Waals surface area contributed by atoms with Gasteiger partial charge in [0, 0.05) is 47.9 Å². The molecule has 1 atom stereocenters.